The van der Waals surface area contributed by atoms with Gasteiger partial charge < -0.3 is 14.2 Å². The van der Waals surface area contributed by atoms with E-state index in [4.69, 9.17) is 4.42 Å². The van der Waals surface area contributed by atoms with Crippen LogP contribution in [0.15, 0.2) is 53.1 Å². The van der Waals surface area contributed by atoms with E-state index in [0.717, 1.165) is 30.0 Å². The van der Waals surface area contributed by atoms with E-state index in [0.29, 0.717) is 12.1 Å². The molecule has 0 radical (unpaired) electrons. The van der Waals surface area contributed by atoms with Crippen molar-refractivity contribution >= 4 is 22.9 Å². The quantitative estimate of drug-likeness (QED) is 0.738. The van der Waals surface area contributed by atoms with Crippen molar-refractivity contribution in [2.75, 3.05) is 29.9 Å². The van der Waals surface area contributed by atoms with Crippen LogP contribution in [0.25, 0.3) is 11.1 Å². The van der Waals surface area contributed by atoms with Gasteiger partial charge in [0.1, 0.15) is 11.3 Å². The van der Waals surface area contributed by atoms with Crippen LogP contribution >= 0.6 is 0 Å². The molecule has 1 aliphatic rings. The van der Waals surface area contributed by atoms with Crippen molar-refractivity contribution in [1.29, 1.82) is 0 Å². The Morgan fingerprint density at radius 3 is 2.71 bits per heavy atom. The normalized spacial score (nSPS) is 15.2. The number of anilines is 2. The minimum absolute atomic E-state index is 0.403. The molecule has 0 unspecified atom stereocenters. The lowest BCUT2D eigenvalue weighted by Gasteiger charge is -2.44. The topological polar surface area (TPSA) is 45.4 Å². The molecule has 0 saturated carbocycles. The Hall–Kier alpha value is -2.56. The molecule has 0 N–H and O–H groups in total. The molecule has 3 aromatic rings. The van der Waals surface area contributed by atoms with Crippen LogP contribution < -0.4 is 9.80 Å². The van der Waals surface area contributed by atoms with E-state index >= 15 is 0 Å². The smallest absolute Gasteiger partial charge is 0.298 e. The average Bonchev–Trinajstić information content (AvgIpc) is 2.90. The SMILES string of the molecule is CN(c1nc2ccccc2o1)C1CN(c2ccccn2)C1. The number of hydrogen-bond acceptors (Lipinski definition) is 5. The van der Waals surface area contributed by atoms with Gasteiger partial charge in [0, 0.05) is 26.3 Å². The van der Waals surface area contributed by atoms with E-state index in [9.17, 15) is 0 Å². The number of benzene rings is 1. The highest BCUT2D eigenvalue weighted by molar-refractivity contribution is 5.74. The van der Waals surface area contributed by atoms with Crippen molar-refractivity contribution in [3.05, 3.63) is 48.7 Å². The fourth-order valence-corrected chi connectivity index (χ4v) is 2.60. The van der Waals surface area contributed by atoms with E-state index in [1.807, 2.05) is 55.7 Å². The average molecular weight is 280 g/mol. The number of rotatable bonds is 3. The van der Waals surface area contributed by atoms with E-state index in [1.54, 1.807) is 0 Å². The van der Waals surface area contributed by atoms with Crippen LogP contribution in [0.5, 0.6) is 0 Å². The predicted molar refractivity (Wildman–Crippen MR) is 82.7 cm³/mol. The zero-order valence-electron chi connectivity index (χ0n) is 11.8. The first-order valence-corrected chi connectivity index (χ1v) is 7.05. The maximum absolute atomic E-state index is 5.81. The summed E-state index contributed by atoms with van der Waals surface area (Å²) in [6.45, 7) is 1.87. The Labute approximate surface area is 122 Å². The summed E-state index contributed by atoms with van der Waals surface area (Å²) in [7, 11) is 2.03. The minimum Gasteiger partial charge on any atom is -0.423 e. The Bertz CT molecular complexity index is 716. The highest BCUT2D eigenvalue weighted by Gasteiger charge is 2.32. The first kappa shape index (κ1) is 12.2. The van der Waals surface area contributed by atoms with Crippen molar-refractivity contribution in [3.63, 3.8) is 0 Å². The second-order valence-electron chi connectivity index (χ2n) is 5.32. The highest BCUT2D eigenvalue weighted by Crippen LogP contribution is 2.26. The van der Waals surface area contributed by atoms with Crippen molar-refractivity contribution < 1.29 is 4.42 Å². The van der Waals surface area contributed by atoms with E-state index in [-0.39, 0.29) is 0 Å². The molecule has 106 valence electrons. The molecule has 0 aliphatic carbocycles. The number of pyridine rings is 1. The summed E-state index contributed by atoms with van der Waals surface area (Å²) in [4.78, 5) is 13.3. The summed E-state index contributed by atoms with van der Waals surface area (Å²) in [6.07, 6.45) is 1.83. The van der Waals surface area contributed by atoms with Gasteiger partial charge in [-0.15, -0.1) is 0 Å². The summed E-state index contributed by atoms with van der Waals surface area (Å²) >= 11 is 0. The Kier molecular flexibility index (Phi) is 2.77. The van der Waals surface area contributed by atoms with Gasteiger partial charge in [0.15, 0.2) is 5.58 Å². The molecular weight excluding hydrogens is 264 g/mol. The first-order chi connectivity index (χ1) is 10.3. The fraction of sp³-hybridized carbons (Fsp3) is 0.250. The first-order valence-electron chi connectivity index (χ1n) is 7.05. The second kappa shape index (κ2) is 4.77. The molecule has 0 atom stereocenters. The van der Waals surface area contributed by atoms with Gasteiger partial charge in [-0.1, -0.05) is 18.2 Å². The molecule has 21 heavy (non-hydrogen) atoms. The van der Waals surface area contributed by atoms with E-state index in [1.165, 1.54) is 0 Å². The largest absolute Gasteiger partial charge is 0.423 e. The molecule has 0 bridgehead atoms. The highest BCUT2D eigenvalue weighted by atomic mass is 16.4. The van der Waals surface area contributed by atoms with Gasteiger partial charge in [-0.2, -0.15) is 4.98 Å². The van der Waals surface area contributed by atoms with Crippen molar-refractivity contribution in [1.82, 2.24) is 9.97 Å². The molecule has 2 aromatic heterocycles. The molecule has 3 heterocycles. The number of fused-ring (bicyclic) bond motifs is 1. The summed E-state index contributed by atoms with van der Waals surface area (Å²) in [5.41, 5.74) is 1.74. The third kappa shape index (κ3) is 2.11. The van der Waals surface area contributed by atoms with Gasteiger partial charge in [-0.05, 0) is 24.3 Å². The van der Waals surface area contributed by atoms with Crippen LogP contribution in [0.2, 0.25) is 0 Å². The van der Waals surface area contributed by atoms with Crippen LogP contribution in [-0.2, 0) is 0 Å². The third-order valence-corrected chi connectivity index (χ3v) is 3.97. The predicted octanol–water partition coefficient (Wildman–Crippen LogP) is 2.55. The lowest BCUT2D eigenvalue weighted by molar-refractivity contribution is 0.457. The molecule has 0 amide bonds. The number of para-hydroxylation sites is 2. The van der Waals surface area contributed by atoms with Crippen LogP contribution in [0, 0.1) is 0 Å². The molecule has 5 heteroatoms. The number of oxazole rings is 1. The Balaban J connectivity index is 1.48. The Morgan fingerprint density at radius 2 is 1.95 bits per heavy atom. The lowest BCUT2D eigenvalue weighted by atomic mass is 10.1. The van der Waals surface area contributed by atoms with E-state index < -0.39 is 0 Å². The number of hydrogen-bond donors (Lipinski definition) is 0. The fourth-order valence-electron chi connectivity index (χ4n) is 2.60. The Morgan fingerprint density at radius 1 is 1.14 bits per heavy atom. The summed E-state index contributed by atoms with van der Waals surface area (Å²) in [5.74, 6) is 1.03. The van der Waals surface area contributed by atoms with E-state index in [2.05, 4.69) is 19.8 Å². The van der Waals surface area contributed by atoms with Crippen molar-refractivity contribution in [2.24, 2.45) is 0 Å². The van der Waals surface area contributed by atoms with Gasteiger partial charge in [0.05, 0.1) is 6.04 Å². The van der Waals surface area contributed by atoms with Gasteiger partial charge in [-0.3, -0.25) is 0 Å². The summed E-state index contributed by atoms with van der Waals surface area (Å²) in [6, 6.07) is 14.9. The van der Waals surface area contributed by atoms with Crippen LogP contribution in [-0.4, -0.2) is 36.1 Å². The minimum atomic E-state index is 0.403. The van der Waals surface area contributed by atoms with Crippen LogP contribution in [0.4, 0.5) is 11.8 Å². The molecule has 1 fully saturated rings. The molecule has 1 saturated heterocycles. The molecule has 1 aromatic carbocycles. The number of nitrogens with zero attached hydrogens (tertiary/aromatic N) is 4. The maximum Gasteiger partial charge on any atom is 0.298 e. The van der Waals surface area contributed by atoms with Crippen molar-refractivity contribution in [3.8, 4) is 0 Å². The van der Waals surface area contributed by atoms with Crippen molar-refractivity contribution in [2.45, 2.75) is 6.04 Å². The monoisotopic (exact) mass is 280 g/mol. The standard InChI is InChI=1S/C16H16N4O/c1-19(16-18-13-6-2-3-7-14(13)21-16)12-10-20(11-12)15-8-4-5-9-17-15/h2-9,12H,10-11H2,1H3. The zero-order valence-corrected chi connectivity index (χ0v) is 11.8. The molecule has 0 spiro atoms. The van der Waals surface area contributed by atoms with Gasteiger partial charge >= 0.3 is 0 Å². The van der Waals surface area contributed by atoms with Gasteiger partial charge in [0.25, 0.3) is 6.01 Å². The van der Waals surface area contributed by atoms with Gasteiger partial charge in [-0.25, -0.2) is 4.98 Å². The summed E-state index contributed by atoms with van der Waals surface area (Å²) in [5, 5.41) is 0. The zero-order chi connectivity index (χ0) is 14.2. The van der Waals surface area contributed by atoms with Crippen LogP contribution in [0.3, 0.4) is 0 Å². The maximum atomic E-state index is 5.81. The van der Waals surface area contributed by atoms with Gasteiger partial charge in [0.2, 0.25) is 0 Å². The number of likely N-dealkylation sites (N-methyl/N-ethyl adjacent to an activating group) is 1. The molecule has 5 nitrogen and oxygen atoms in total. The molecule has 1 aliphatic heterocycles. The second-order valence-corrected chi connectivity index (χ2v) is 5.32. The third-order valence-electron chi connectivity index (χ3n) is 3.97. The summed E-state index contributed by atoms with van der Waals surface area (Å²) < 4.78 is 5.81. The lowest BCUT2D eigenvalue weighted by Crippen LogP contribution is -2.59. The molecule has 4 rings (SSSR count). The molecular formula is C16H16N4O. The van der Waals surface area contributed by atoms with Crippen LogP contribution in [0.1, 0.15) is 0 Å². The number of aromatic nitrogens is 2.